The highest BCUT2D eigenvalue weighted by Gasteiger charge is 2.44. The normalized spacial score (nSPS) is 24.2. The van der Waals surface area contributed by atoms with Crippen LogP contribution in [0.2, 0.25) is 0 Å². The van der Waals surface area contributed by atoms with Gasteiger partial charge >= 0.3 is 0 Å². The molecule has 1 aliphatic heterocycles. The van der Waals surface area contributed by atoms with Crippen LogP contribution >= 0.6 is 0 Å². The molecule has 1 aromatic carbocycles. The van der Waals surface area contributed by atoms with Crippen molar-refractivity contribution in [1.82, 2.24) is 9.62 Å². The molecular formula is C17H24N2O4S. The van der Waals surface area contributed by atoms with E-state index < -0.39 is 10.0 Å². The zero-order valence-corrected chi connectivity index (χ0v) is 15.1. The number of carbonyl (C=O) groups excluding carboxylic acids is 1. The fourth-order valence-electron chi connectivity index (χ4n) is 3.50. The highest BCUT2D eigenvalue weighted by Crippen LogP contribution is 2.41. The van der Waals surface area contributed by atoms with Crippen LogP contribution in [-0.2, 0) is 14.8 Å². The van der Waals surface area contributed by atoms with Gasteiger partial charge in [-0.25, -0.2) is 13.1 Å². The standard InChI is InChI=1S/C17H24N2O4S/c1-11-8-14(6-7-17(11)23-3)24(21,22)18-16-10-19(12(2)20)9-15(16)13-4-5-13/h6-8,13,15-16,18H,4-5,9-10H2,1-3H3/t15-,16+/m0/s1. The summed E-state index contributed by atoms with van der Waals surface area (Å²) in [7, 11) is -2.06. The molecular weight excluding hydrogens is 328 g/mol. The molecule has 0 bridgehead atoms. The number of hydrogen-bond donors (Lipinski definition) is 1. The lowest BCUT2D eigenvalue weighted by Crippen LogP contribution is -2.41. The fraction of sp³-hybridized carbons (Fsp3) is 0.588. The molecule has 3 rings (SSSR count). The number of sulfonamides is 1. The first-order chi connectivity index (χ1) is 11.3. The van der Waals surface area contributed by atoms with E-state index in [1.165, 1.54) is 6.92 Å². The van der Waals surface area contributed by atoms with Gasteiger partial charge in [0.05, 0.1) is 12.0 Å². The first-order valence-corrected chi connectivity index (χ1v) is 9.72. The van der Waals surface area contributed by atoms with Gasteiger partial charge < -0.3 is 9.64 Å². The largest absolute Gasteiger partial charge is 0.496 e. The maximum atomic E-state index is 12.7. The van der Waals surface area contributed by atoms with Gasteiger partial charge in [0, 0.05) is 26.1 Å². The van der Waals surface area contributed by atoms with E-state index in [1.54, 1.807) is 30.2 Å². The second kappa shape index (κ2) is 6.37. The van der Waals surface area contributed by atoms with Crippen molar-refractivity contribution in [2.75, 3.05) is 20.2 Å². The van der Waals surface area contributed by atoms with Gasteiger partial charge in [0.25, 0.3) is 0 Å². The van der Waals surface area contributed by atoms with Gasteiger partial charge in [-0.3, -0.25) is 4.79 Å². The number of hydrogen-bond acceptors (Lipinski definition) is 4. The van der Waals surface area contributed by atoms with E-state index in [1.807, 2.05) is 6.92 Å². The van der Waals surface area contributed by atoms with E-state index in [-0.39, 0.29) is 22.8 Å². The number of carbonyl (C=O) groups is 1. The van der Waals surface area contributed by atoms with Crippen molar-refractivity contribution in [1.29, 1.82) is 0 Å². The Morgan fingerprint density at radius 2 is 2.00 bits per heavy atom. The zero-order chi connectivity index (χ0) is 17.5. The van der Waals surface area contributed by atoms with Gasteiger partial charge in [-0.2, -0.15) is 0 Å². The summed E-state index contributed by atoms with van der Waals surface area (Å²) in [6.07, 6.45) is 2.24. The molecule has 1 heterocycles. The summed E-state index contributed by atoms with van der Waals surface area (Å²) in [6.45, 7) is 4.45. The SMILES string of the molecule is COc1ccc(S(=O)(=O)N[C@@H]2CN(C(C)=O)C[C@H]2C2CC2)cc1C. The van der Waals surface area contributed by atoms with Crippen molar-refractivity contribution in [2.24, 2.45) is 11.8 Å². The predicted molar refractivity (Wildman–Crippen MR) is 90.3 cm³/mol. The van der Waals surface area contributed by atoms with Crippen molar-refractivity contribution in [3.8, 4) is 5.75 Å². The molecule has 0 radical (unpaired) electrons. The second-order valence-electron chi connectivity index (χ2n) is 6.78. The Hall–Kier alpha value is -1.60. The van der Waals surface area contributed by atoms with Crippen molar-refractivity contribution in [3.63, 3.8) is 0 Å². The number of nitrogens with one attached hydrogen (secondary N) is 1. The Kier molecular flexibility index (Phi) is 4.57. The van der Waals surface area contributed by atoms with Gasteiger partial charge in [-0.15, -0.1) is 0 Å². The quantitative estimate of drug-likeness (QED) is 0.872. The van der Waals surface area contributed by atoms with Crippen molar-refractivity contribution < 1.29 is 17.9 Å². The van der Waals surface area contributed by atoms with Crippen molar-refractivity contribution in [2.45, 2.75) is 37.6 Å². The smallest absolute Gasteiger partial charge is 0.240 e. The van der Waals surface area contributed by atoms with E-state index in [0.29, 0.717) is 24.8 Å². The molecule has 7 heteroatoms. The Bertz CT molecular complexity index is 743. The predicted octanol–water partition coefficient (Wildman–Crippen LogP) is 1.54. The first kappa shape index (κ1) is 17.2. The number of ether oxygens (including phenoxy) is 1. The van der Waals surface area contributed by atoms with E-state index in [0.717, 1.165) is 18.4 Å². The summed E-state index contributed by atoms with van der Waals surface area (Å²) in [5.74, 6) is 1.40. The van der Waals surface area contributed by atoms with Crippen LogP contribution in [0.15, 0.2) is 23.1 Å². The topological polar surface area (TPSA) is 75.7 Å². The molecule has 1 saturated heterocycles. The van der Waals surface area contributed by atoms with Gasteiger partial charge in [0.15, 0.2) is 0 Å². The third kappa shape index (κ3) is 3.42. The number of amides is 1. The van der Waals surface area contributed by atoms with Crippen molar-refractivity contribution >= 4 is 15.9 Å². The lowest BCUT2D eigenvalue weighted by molar-refractivity contribution is -0.128. The number of aryl methyl sites for hydroxylation is 1. The fourth-order valence-corrected chi connectivity index (χ4v) is 4.86. The molecule has 1 saturated carbocycles. The minimum absolute atomic E-state index is 0.00244. The Labute approximate surface area is 143 Å². The third-order valence-electron chi connectivity index (χ3n) is 5.02. The van der Waals surface area contributed by atoms with Crippen LogP contribution in [-0.4, -0.2) is 45.5 Å². The van der Waals surface area contributed by atoms with E-state index in [9.17, 15) is 13.2 Å². The molecule has 0 aromatic heterocycles. The summed E-state index contributed by atoms with van der Waals surface area (Å²) < 4.78 is 33.5. The number of methoxy groups -OCH3 is 1. The Balaban J connectivity index is 1.80. The van der Waals surface area contributed by atoms with Crippen LogP contribution < -0.4 is 9.46 Å². The number of rotatable bonds is 5. The highest BCUT2D eigenvalue weighted by molar-refractivity contribution is 7.89. The van der Waals surface area contributed by atoms with Gasteiger partial charge in [0.1, 0.15) is 5.75 Å². The summed E-state index contributed by atoms with van der Waals surface area (Å²) >= 11 is 0. The van der Waals surface area contributed by atoms with E-state index >= 15 is 0 Å². The summed E-state index contributed by atoms with van der Waals surface area (Å²) in [4.78, 5) is 13.6. The van der Waals surface area contributed by atoms with Gasteiger partial charge in [-0.05, 0) is 55.4 Å². The van der Waals surface area contributed by atoms with Crippen LogP contribution in [0.4, 0.5) is 0 Å². The molecule has 1 amide bonds. The molecule has 1 N–H and O–H groups in total. The average molecular weight is 352 g/mol. The molecule has 0 unspecified atom stereocenters. The van der Waals surface area contributed by atoms with Crippen LogP contribution in [0.5, 0.6) is 5.75 Å². The molecule has 0 spiro atoms. The maximum Gasteiger partial charge on any atom is 0.240 e. The highest BCUT2D eigenvalue weighted by atomic mass is 32.2. The van der Waals surface area contributed by atoms with Crippen LogP contribution in [0.3, 0.4) is 0 Å². The summed E-state index contributed by atoms with van der Waals surface area (Å²) in [5.41, 5.74) is 0.774. The first-order valence-electron chi connectivity index (χ1n) is 8.24. The molecule has 2 atom stereocenters. The lowest BCUT2D eigenvalue weighted by Gasteiger charge is -2.19. The van der Waals surface area contributed by atoms with Crippen LogP contribution in [0.25, 0.3) is 0 Å². The minimum Gasteiger partial charge on any atom is -0.496 e. The number of nitrogens with zero attached hydrogens (tertiary/aromatic N) is 1. The average Bonchev–Trinajstić information content (AvgIpc) is 3.28. The molecule has 1 aromatic rings. The molecule has 2 fully saturated rings. The van der Waals surface area contributed by atoms with E-state index in [2.05, 4.69) is 4.72 Å². The maximum absolute atomic E-state index is 12.7. The third-order valence-corrected chi connectivity index (χ3v) is 6.51. The molecule has 2 aliphatic rings. The number of likely N-dealkylation sites (tertiary alicyclic amines) is 1. The van der Waals surface area contributed by atoms with Crippen molar-refractivity contribution in [3.05, 3.63) is 23.8 Å². The molecule has 1 aliphatic carbocycles. The molecule has 24 heavy (non-hydrogen) atoms. The van der Waals surface area contributed by atoms with Crippen LogP contribution in [0.1, 0.15) is 25.3 Å². The summed E-state index contributed by atoms with van der Waals surface area (Å²) in [5, 5.41) is 0. The molecule has 6 nitrogen and oxygen atoms in total. The van der Waals surface area contributed by atoms with Gasteiger partial charge in [-0.1, -0.05) is 0 Å². The monoisotopic (exact) mass is 352 g/mol. The number of benzene rings is 1. The van der Waals surface area contributed by atoms with Gasteiger partial charge in [0.2, 0.25) is 15.9 Å². The minimum atomic E-state index is -3.62. The Morgan fingerprint density at radius 1 is 1.29 bits per heavy atom. The zero-order valence-electron chi connectivity index (χ0n) is 14.3. The lowest BCUT2D eigenvalue weighted by atomic mass is 9.99. The second-order valence-corrected chi connectivity index (χ2v) is 8.50. The van der Waals surface area contributed by atoms with E-state index in [4.69, 9.17) is 4.74 Å². The van der Waals surface area contributed by atoms with Crippen LogP contribution in [0, 0.1) is 18.8 Å². The summed E-state index contributed by atoms with van der Waals surface area (Å²) in [6, 6.07) is 4.62. The molecule has 132 valence electrons. The Morgan fingerprint density at radius 3 is 2.54 bits per heavy atom.